The van der Waals surface area contributed by atoms with Crippen LogP contribution in [0, 0.1) is 5.92 Å². The molecule has 1 aliphatic carbocycles. The molecular formula is C29H34N4O2S. The minimum Gasteiger partial charge on any atom is -0.340 e. The molecule has 7 heteroatoms. The van der Waals surface area contributed by atoms with Gasteiger partial charge in [-0.3, -0.25) is 9.59 Å². The SMILES string of the molecule is CC1=C(C(=O)Nc2ccccc2)C(c2cccc(NC(=O)CCC3CCCC3)c2)N2CCCSC2=N1. The second kappa shape index (κ2) is 11.3. The van der Waals surface area contributed by atoms with Crippen molar-refractivity contribution in [3.63, 3.8) is 0 Å². The van der Waals surface area contributed by atoms with E-state index in [1.54, 1.807) is 11.8 Å². The molecule has 6 nitrogen and oxygen atoms in total. The van der Waals surface area contributed by atoms with E-state index in [1.807, 2.05) is 61.5 Å². The van der Waals surface area contributed by atoms with Crippen molar-refractivity contribution < 1.29 is 9.59 Å². The molecule has 2 amide bonds. The molecule has 2 fully saturated rings. The van der Waals surface area contributed by atoms with Crippen molar-refractivity contribution in [3.05, 3.63) is 71.4 Å². The number of nitrogens with zero attached hydrogens (tertiary/aromatic N) is 2. The molecule has 2 aromatic carbocycles. The van der Waals surface area contributed by atoms with Crippen molar-refractivity contribution in [2.75, 3.05) is 22.9 Å². The number of amides is 2. The fraction of sp³-hybridized carbons (Fsp3) is 0.414. The first-order chi connectivity index (χ1) is 17.6. The number of anilines is 2. The summed E-state index contributed by atoms with van der Waals surface area (Å²) in [7, 11) is 0. The van der Waals surface area contributed by atoms with E-state index in [4.69, 9.17) is 4.99 Å². The number of benzene rings is 2. The van der Waals surface area contributed by atoms with E-state index in [2.05, 4.69) is 15.5 Å². The lowest BCUT2D eigenvalue weighted by atomic mass is 9.93. The highest BCUT2D eigenvalue weighted by Crippen LogP contribution is 2.40. The molecule has 0 spiro atoms. The molecule has 1 unspecified atom stereocenters. The molecule has 3 aliphatic rings. The van der Waals surface area contributed by atoms with Crippen LogP contribution in [0.3, 0.4) is 0 Å². The molecule has 188 valence electrons. The number of fused-ring (bicyclic) bond motifs is 1. The van der Waals surface area contributed by atoms with Gasteiger partial charge >= 0.3 is 0 Å². The van der Waals surface area contributed by atoms with Crippen molar-refractivity contribution in [3.8, 4) is 0 Å². The highest BCUT2D eigenvalue weighted by atomic mass is 32.2. The first-order valence-corrected chi connectivity index (χ1v) is 14.0. The lowest BCUT2D eigenvalue weighted by Crippen LogP contribution is -2.43. The second-order valence-corrected chi connectivity index (χ2v) is 10.9. The Bertz CT molecular complexity index is 1170. The normalized spacial score (nSPS) is 20.1. The second-order valence-electron chi connectivity index (χ2n) is 9.87. The van der Waals surface area contributed by atoms with Gasteiger partial charge < -0.3 is 15.5 Å². The quantitative estimate of drug-likeness (QED) is 0.462. The summed E-state index contributed by atoms with van der Waals surface area (Å²) in [6.07, 6.45) is 7.64. The minimum atomic E-state index is -0.260. The van der Waals surface area contributed by atoms with E-state index in [-0.39, 0.29) is 17.9 Å². The molecule has 0 aromatic heterocycles. The number of thioether (sulfide) groups is 1. The fourth-order valence-corrected chi connectivity index (χ4v) is 6.49. The Morgan fingerprint density at radius 1 is 1.00 bits per heavy atom. The molecule has 1 saturated carbocycles. The van der Waals surface area contributed by atoms with Crippen LogP contribution >= 0.6 is 11.8 Å². The smallest absolute Gasteiger partial charge is 0.255 e. The summed E-state index contributed by atoms with van der Waals surface area (Å²) in [5.41, 5.74) is 3.90. The van der Waals surface area contributed by atoms with Gasteiger partial charge in [0, 0.05) is 30.1 Å². The van der Waals surface area contributed by atoms with Gasteiger partial charge in [-0.25, -0.2) is 4.99 Å². The van der Waals surface area contributed by atoms with Crippen molar-refractivity contribution in [1.29, 1.82) is 0 Å². The molecule has 36 heavy (non-hydrogen) atoms. The first kappa shape index (κ1) is 24.6. The van der Waals surface area contributed by atoms with Crippen LogP contribution in [-0.2, 0) is 9.59 Å². The van der Waals surface area contributed by atoms with E-state index in [1.165, 1.54) is 25.7 Å². The zero-order valence-corrected chi connectivity index (χ0v) is 21.7. The Morgan fingerprint density at radius 2 is 1.78 bits per heavy atom. The third-order valence-corrected chi connectivity index (χ3v) is 8.35. The van der Waals surface area contributed by atoms with E-state index < -0.39 is 0 Å². The molecular weight excluding hydrogens is 468 g/mol. The van der Waals surface area contributed by atoms with Gasteiger partial charge in [0.25, 0.3) is 5.91 Å². The van der Waals surface area contributed by atoms with E-state index in [0.29, 0.717) is 17.9 Å². The number of allylic oxidation sites excluding steroid dienone is 1. The summed E-state index contributed by atoms with van der Waals surface area (Å²) in [4.78, 5) is 33.3. The van der Waals surface area contributed by atoms with Gasteiger partial charge in [-0.2, -0.15) is 0 Å². The highest BCUT2D eigenvalue weighted by Gasteiger charge is 2.37. The molecule has 1 saturated heterocycles. The van der Waals surface area contributed by atoms with Crippen LogP contribution in [0.25, 0.3) is 0 Å². The topological polar surface area (TPSA) is 73.8 Å². The van der Waals surface area contributed by atoms with E-state index in [9.17, 15) is 9.59 Å². The molecule has 2 N–H and O–H groups in total. The summed E-state index contributed by atoms with van der Waals surface area (Å²) in [5, 5.41) is 7.13. The molecule has 2 aliphatic heterocycles. The average molecular weight is 503 g/mol. The Labute approximate surface area is 217 Å². The first-order valence-electron chi connectivity index (χ1n) is 13.0. The van der Waals surface area contributed by atoms with E-state index >= 15 is 0 Å². The Balaban J connectivity index is 1.39. The van der Waals surface area contributed by atoms with Gasteiger partial charge in [0.2, 0.25) is 5.91 Å². The molecule has 0 radical (unpaired) electrons. The third-order valence-electron chi connectivity index (χ3n) is 7.28. The van der Waals surface area contributed by atoms with Gasteiger partial charge in [0.15, 0.2) is 5.17 Å². The van der Waals surface area contributed by atoms with Gasteiger partial charge in [0.1, 0.15) is 0 Å². The number of hydrogen-bond acceptors (Lipinski definition) is 5. The van der Waals surface area contributed by atoms with Crippen molar-refractivity contribution in [1.82, 2.24) is 4.90 Å². The largest absolute Gasteiger partial charge is 0.340 e. The predicted octanol–water partition coefficient (Wildman–Crippen LogP) is 6.36. The van der Waals surface area contributed by atoms with Crippen LogP contribution in [-0.4, -0.2) is 34.2 Å². The summed E-state index contributed by atoms with van der Waals surface area (Å²) < 4.78 is 0. The molecule has 0 bridgehead atoms. The maximum atomic E-state index is 13.6. The predicted molar refractivity (Wildman–Crippen MR) is 148 cm³/mol. The number of hydrogen-bond donors (Lipinski definition) is 2. The monoisotopic (exact) mass is 502 g/mol. The lowest BCUT2D eigenvalue weighted by Gasteiger charge is -2.41. The highest BCUT2D eigenvalue weighted by molar-refractivity contribution is 8.13. The van der Waals surface area contributed by atoms with Crippen LogP contribution in [0.1, 0.15) is 63.5 Å². The summed E-state index contributed by atoms with van der Waals surface area (Å²) in [5.74, 6) is 1.63. The maximum Gasteiger partial charge on any atom is 0.255 e. The number of aliphatic imine (C=N–C) groups is 1. The molecule has 5 rings (SSSR count). The number of carbonyl (C=O) groups excluding carboxylic acids is 2. The number of para-hydroxylation sites is 1. The van der Waals surface area contributed by atoms with Gasteiger partial charge in [-0.15, -0.1) is 0 Å². The Kier molecular flexibility index (Phi) is 7.75. The van der Waals surface area contributed by atoms with Crippen LogP contribution in [0.15, 0.2) is 70.9 Å². The maximum absolute atomic E-state index is 13.6. The van der Waals surface area contributed by atoms with Crippen LogP contribution in [0.2, 0.25) is 0 Å². The zero-order valence-electron chi connectivity index (χ0n) is 20.8. The van der Waals surface area contributed by atoms with Crippen LogP contribution in [0.5, 0.6) is 0 Å². The zero-order chi connectivity index (χ0) is 24.9. The number of rotatable bonds is 7. The van der Waals surface area contributed by atoms with E-state index in [0.717, 1.165) is 52.9 Å². The minimum absolute atomic E-state index is 0.0623. The van der Waals surface area contributed by atoms with Crippen LogP contribution < -0.4 is 10.6 Å². The standard InChI is InChI=1S/C29H34N4O2S/c1-20-26(28(35)32-23-12-3-2-4-13-23)27(33-17-8-18-36-29(33)30-20)22-11-7-14-24(19-22)31-25(34)16-15-21-9-5-6-10-21/h2-4,7,11-14,19,21,27H,5-6,8-10,15-18H2,1H3,(H,31,34)(H,32,35). The Morgan fingerprint density at radius 3 is 2.58 bits per heavy atom. The van der Waals surface area contributed by atoms with Gasteiger partial charge in [0.05, 0.1) is 17.3 Å². The summed E-state index contributed by atoms with van der Waals surface area (Å²) >= 11 is 1.74. The summed E-state index contributed by atoms with van der Waals surface area (Å²) in [6.45, 7) is 2.75. The molecule has 1 atom stereocenters. The number of amidine groups is 1. The van der Waals surface area contributed by atoms with Crippen molar-refractivity contribution in [2.24, 2.45) is 10.9 Å². The van der Waals surface area contributed by atoms with Crippen molar-refractivity contribution >= 4 is 40.1 Å². The molecule has 2 aromatic rings. The van der Waals surface area contributed by atoms with Gasteiger partial charge in [-0.05, 0) is 55.5 Å². The fourth-order valence-electron chi connectivity index (χ4n) is 5.47. The van der Waals surface area contributed by atoms with Crippen molar-refractivity contribution in [2.45, 2.75) is 57.9 Å². The van der Waals surface area contributed by atoms with Gasteiger partial charge in [-0.1, -0.05) is 67.8 Å². The number of nitrogens with one attached hydrogen (secondary N) is 2. The molecule has 2 heterocycles. The lowest BCUT2D eigenvalue weighted by molar-refractivity contribution is -0.116. The average Bonchev–Trinajstić information content (AvgIpc) is 3.41. The number of carbonyl (C=O) groups is 2. The summed E-state index contributed by atoms with van der Waals surface area (Å²) in [6, 6.07) is 17.2. The van der Waals surface area contributed by atoms with Crippen LogP contribution in [0.4, 0.5) is 11.4 Å². The Hall–Kier alpha value is -3.06. The third kappa shape index (κ3) is 5.67.